The van der Waals surface area contributed by atoms with Crippen LogP contribution in [0.15, 0.2) is 21.0 Å². The highest BCUT2D eigenvalue weighted by atomic mass is 32.1. The van der Waals surface area contributed by atoms with Crippen molar-refractivity contribution >= 4 is 17.3 Å². The third-order valence-corrected chi connectivity index (χ3v) is 4.87. The summed E-state index contributed by atoms with van der Waals surface area (Å²) in [6.45, 7) is 16.9. The molecule has 0 radical (unpaired) electrons. The van der Waals surface area contributed by atoms with Gasteiger partial charge in [0.05, 0.1) is 16.9 Å². The van der Waals surface area contributed by atoms with Crippen molar-refractivity contribution in [2.45, 2.75) is 72.3 Å². The molecule has 0 saturated heterocycles. The Morgan fingerprint density at radius 2 is 1.89 bits per heavy atom. The zero-order chi connectivity index (χ0) is 20.1. The van der Waals surface area contributed by atoms with Crippen LogP contribution in [-0.4, -0.2) is 29.0 Å². The van der Waals surface area contributed by atoms with E-state index in [0.717, 1.165) is 41.9 Å². The van der Waals surface area contributed by atoms with Crippen LogP contribution in [0.4, 0.5) is 0 Å². The zero-order valence-corrected chi connectivity index (χ0v) is 18.5. The summed E-state index contributed by atoms with van der Waals surface area (Å²) in [5.41, 5.74) is 1.21. The van der Waals surface area contributed by atoms with Crippen molar-refractivity contribution in [1.82, 2.24) is 20.6 Å². The van der Waals surface area contributed by atoms with Crippen LogP contribution < -0.4 is 10.6 Å². The first-order chi connectivity index (χ1) is 12.6. The Labute approximate surface area is 166 Å². The van der Waals surface area contributed by atoms with Crippen molar-refractivity contribution < 1.29 is 4.42 Å². The second-order valence-corrected chi connectivity index (χ2v) is 9.56. The molecule has 0 spiro atoms. The van der Waals surface area contributed by atoms with Gasteiger partial charge in [-0.25, -0.2) is 15.0 Å². The molecule has 0 bridgehead atoms. The van der Waals surface area contributed by atoms with E-state index in [2.05, 4.69) is 74.5 Å². The highest BCUT2D eigenvalue weighted by Gasteiger charge is 2.19. The maximum atomic E-state index is 5.80. The lowest BCUT2D eigenvalue weighted by Crippen LogP contribution is -2.38. The Balaban J connectivity index is 1.90. The molecule has 0 atom stereocenters. The lowest BCUT2D eigenvalue weighted by molar-refractivity contribution is 0.383. The van der Waals surface area contributed by atoms with Gasteiger partial charge in [0.1, 0.15) is 12.3 Å². The van der Waals surface area contributed by atoms with Crippen LogP contribution in [0.1, 0.15) is 70.8 Å². The van der Waals surface area contributed by atoms with Gasteiger partial charge in [0, 0.05) is 35.7 Å². The van der Waals surface area contributed by atoms with Gasteiger partial charge in [-0.05, 0) is 6.92 Å². The summed E-state index contributed by atoms with van der Waals surface area (Å²) in [6, 6.07) is 0. The summed E-state index contributed by atoms with van der Waals surface area (Å²) in [7, 11) is 0. The van der Waals surface area contributed by atoms with Crippen LogP contribution >= 0.6 is 11.3 Å². The maximum absolute atomic E-state index is 5.80. The maximum Gasteiger partial charge on any atom is 0.216 e. The van der Waals surface area contributed by atoms with Gasteiger partial charge in [0.15, 0.2) is 5.96 Å². The van der Waals surface area contributed by atoms with Gasteiger partial charge in [0.25, 0.3) is 0 Å². The average Bonchev–Trinajstić information content (AvgIpc) is 3.21. The summed E-state index contributed by atoms with van der Waals surface area (Å²) < 4.78 is 5.80. The minimum absolute atomic E-state index is 0.0443. The molecule has 2 heterocycles. The van der Waals surface area contributed by atoms with E-state index in [1.54, 1.807) is 17.5 Å². The Morgan fingerprint density at radius 1 is 1.15 bits per heavy atom. The SMILES string of the molecule is CCNC(=NCc1ncc(C(C)(C)C)o1)NCCc1nc(C(C)(C)C)cs1. The summed E-state index contributed by atoms with van der Waals surface area (Å²) >= 11 is 1.72. The van der Waals surface area contributed by atoms with E-state index in [1.807, 2.05) is 0 Å². The van der Waals surface area contributed by atoms with E-state index >= 15 is 0 Å². The minimum Gasteiger partial charge on any atom is -0.443 e. The third-order valence-electron chi connectivity index (χ3n) is 3.96. The predicted octanol–water partition coefficient (Wildman–Crippen LogP) is 4.02. The molecule has 27 heavy (non-hydrogen) atoms. The largest absolute Gasteiger partial charge is 0.443 e. The van der Waals surface area contributed by atoms with Crippen molar-refractivity contribution in [3.8, 4) is 0 Å². The van der Waals surface area contributed by atoms with Gasteiger partial charge < -0.3 is 15.1 Å². The van der Waals surface area contributed by atoms with Crippen LogP contribution in [0.3, 0.4) is 0 Å². The topological polar surface area (TPSA) is 75.3 Å². The lowest BCUT2D eigenvalue weighted by atomic mass is 9.93. The first kappa shape index (κ1) is 21.4. The van der Waals surface area contributed by atoms with Gasteiger partial charge in [-0.3, -0.25) is 0 Å². The number of hydrogen-bond acceptors (Lipinski definition) is 5. The molecule has 150 valence electrons. The van der Waals surface area contributed by atoms with Crippen LogP contribution in [0.25, 0.3) is 0 Å². The number of hydrogen-bond donors (Lipinski definition) is 2. The van der Waals surface area contributed by atoms with Crippen molar-refractivity contribution in [3.05, 3.63) is 33.9 Å². The highest BCUT2D eigenvalue weighted by Crippen LogP contribution is 2.24. The fourth-order valence-electron chi connectivity index (χ4n) is 2.28. The van der Waals surface area contributed by atoms with Gasteiger partial charge >= 0.3 is 0 Å². The number of guanidine groups is 1. The van der Waals surface area contributed by atoms with Crippen LogP contribution in [0.2, 0.25) is 0 Å². The van der Waals surface area contributed by atoms with E-state index in [4.69, 9.17) is 9.40 Å². The smallest absolute Gasteiger partial charge is 0.216 e. The molecule has 0 unspecified atom stereocenters. The molecule has 0 aromatic carbocycles. The molecule has 2 aromatic heterocycles. The van der Waals surface area contributed by atoms with Crippen molar-refractivity contribution in [2.24, 2.45) is 4.99 Å². The van der Waals surface area contributed by atoms with Crippen LogP contribution in [-0.2, 0) is 23.8 Å². The Kier molecular flexibility index (Phi) is 7.03. The summed E-state index contributed by atoms with van der Waals surface area (Å²) in [5.74, 6) is 2.27. The number of aromatic nitrogens is 2. The molecule has 0 aliphatic heterocycles. The number of nitrogens with zero attached hydrogens (tertiary/aromatic N) is 3. The standard InChI is InChI=1S/C20H33N5OS/c1-8-21-18(24-12-16-23-11-15(26-16)20(5,6)7)22-10-9-17-25-14(13-27-17)19(2,3)4/h11,13H,8-10,12H2,1-7H3,(H2,21,22,24). The van der Waals surface area contributed by atoms with Crippen molar-refractivity contribution in [1.29, 1.82) is 0 Å². The molecule has 0 aliphatic carbocycles. The van der Waals surface area contributed by atoms with E-state index in [-0.39, 0.29) is 10.8 Å². The van der Waals surface area contributed by atoms with Gasteiger partial charge in [0.2, 0.25) is 5.89 Å². The first-order valence-corrected chi connectivity index (χ1v) is 10.4. The number of aliphatic imine (C=N–C) groups is 1. The molecule has 0 saturated carbocycles. The predicted molar refractivity (Wildman–Crippen MR) is 113 cm³/mol. The summed E-state index contributed by atoms with van der Waals surface area (Å²) in [4.78, 5) is 13.6. The fourth-order valence-corrected chi connectivity index (χ4v) is 3.30. The number of nitrogens with one attached hydrogen (secondary N) is 2. The third kappa shape index (κ3) is 6.65. The molecule has 2 rings (SSSR count). The molecule has 0 amide bonds. The fraction of sp³-hybridized carbons (Fsp3) is 0.650. The Bertz CT molecular complexity index is 749. The van der Waals surface area contributed by atoms with Gasteiger partial charge in [-0.15, -0.1) is 11.3 Å². The Morgan fingerprint density at radius 3 is 2.44 bits per heavy atom. The Hall–Kier alpha value is -1.89. The molecule has 7 heteroatoms. The number of thiazole rings is 1. The molecule has 2 aromatic rings. The van der Waals surface area contributed by atoms with Crippen molar-refractivity contribution in [2.75, 3.05) is 13.1 Å². The van der Waals surface area contributed by atoms with Gasteiger partial charge in [-0.2, -0.15) is 0 Å². The first-order valence-electron chi connectivity index (χ1n) is 9.52. The average molecular weight is 392 g/mol. The zero-order valence-electron chi connectivity index (χ0n) is 17.6. The molecule has 0 aliphatic rings. The normalized spacial score (nSPS) is 13.1. The van der Waals surface area contributed by atoms with E-state index in [0.29, 0.717) is 12.4 Å². The minimum atomic E-state index is -0.0443. The summed E-state index contributed by atoms with van der Waals surface area (Å²) in [6.07, 6.45) is 2.67. The lowest BCUT2D eigenvalue weighted by Gasteiger charge is -2.14. The van der Waals surface area contributed by atoms with Crippen LogP contribution in [0, 0.1) is 0 Å². The van der Waals surface area contributed by atoms with E-state index in [9.17, 15) is 0 Å². The van der Waals surface area contributed by atoms with E-state index in [1.165, 1.54) is 0 Å². The van der Waals surface area contributed by atoms with Crippen LogP contribution in [0.5, 0.6) is 0 Å². The second-order valence-electron chi connectivity index (χ2n) is 8.62. The monoisotopic (exact) mass is 391 g/mol. The number of rotatable bonds is 6. The summed E-state index contributed by atoms with van der Waals surface area (Å²) in [5, 5.41) is 9.92. The second kappa shape index (κ2) is 8.87. The van der Waals surface area contributed by atoms with Crippen molar-refractivity contribution in [3.63, 3.8) is 0 Å². The highest BCUT2D eigenvalue weighted by molar-refractivity contribution is 7.09. The molecular weight excluding hydrogens is 358 g/mol. The number of oxazole rings is 1. The quantitative estimate of drug-likeness (QED) is 0.574. The molecular formula is C20H33N5OS. The van der Waals surface area contributed by atoms with E-state index < -0.39 is 0 Å². The molecule has 0 fully saturated rings. The van der Waals surface area contributed by atoms with Gasteiger partial charge in [-0.1, -0.05) is 41.5 Å². The molecule has 6 nitrogen and oxygen atoms in total. The molecule has 2 N–H and O–H groups in total.